The Bertz CT molecular complexity index is 994. The number of aromatic nitrogens is 1. The van der Waals surface area contributed by atoms with Crippen LogP contribution in [0.25, 0.3) is 0 Å². The van der Waals surface area contributed by atoms with Gasteiger partial charge < -0.3 is 14.5 Å². The minimum absolute atomic E-state index is 0.0601. The molecule has 0 unspecified atom stereocenters. The average Bonchev–Trinajstić information content (AvgIpc) is 2.78. The van der Waals surface area contributed by atoms with Crippen molar-refractivity contribution >= 4 is 39.2 Å². The molecule has 1 N–H and O–H groups in total. The van der Waals surface area contributed by atoms with E-state index >= 15 is 0 Å². The number of carbonyl (C=O) groups excluding carboxylic acids is 2. The standard InChI is InChI=1S/C20H23ClN4O5S/c21-18-7-6-17(14-22-18)31(28,29)23-9-8-20(27)30-15-19(26)25-12-10-24(11-13-25)16-4-2-1-3-5-16/h1-7,14,23H,8-13,15H2. The van der Waals surface area contributed by atoms with Crippen molar-refractivity contribution in [3.63, 3.8) is 0 Å². The second-order valence-electron chi connectivity index (χ2n) is 6.83. The summed E-state index contributed by atoms with van der Waals surface area (Å²) in [5.74, 6) is -0.929. The van der Waals surface area contributed by atoms with Gasteiger partial charge in [0.2, 0.25) is 10.0 Å². The summed E-state index contributed by atoms with van der Waals surface area (Å²) in [7, 11) is -3.81. The number of ether oxygens (including phenoxy) is 1. The molecule has 9 nitrogen and oxygen atoms in total. The molecule has 166 valence electrons. The number of nitrogens with one attached hydrogen (secondary N) is 1. The highest BCUT2D eigenvalue weighted by atomic mass is 35.5. The molecule has 3 rings (SSSR count). The van der Waals surface area contributed by atoms with Gasteiger partial charge in [-0.15, -0.1) is 0 Å². The molecular formula is C20H23ClN4O5S. The van der Waals surface area contributed by atoms with Crippen LogP contribution in [-0.2, 0) is 24.3 Å². The lowest BCUT2D eigenvalue weighted by Gasteiger charge is -2.36. The van der Waals surface area contributed by atoms with Gasteiger partial charge in [-0.2, -0.15) is 0 Å². The van der Waals surface area contributed by atoms with Crippen LogP contribution in [0.4, 0.5) is 5.69 Å². The molecule has 1 aliphatic rings. The molecule has 0 atom stereocenters. The van der Waals surface area contributed by atoms with Gasteiger partial charge in [-0.05, 0) is 24.3 Å². The summed E-state index contributed by atoms with van der Waals surface area (Å²) in [5, 5.41) is 0.175. The summed E-state index contributed by atoms with van der Waals surface area (Å²) in [6.07, 6.45) is 0.925. The van der Waals surface area contributed by atoms with Crippen LogP contribution in [0.3, 0.4) is 0 Å². The topological polar surface area (TPSA) is 109 Å². The number of para-hydroxylation sites is 1. The van der Waals surface area contributed by atoms with Gasteiger partial charge in [0.1, 0.15) is 10.0 Å². The van der Waals surface area contributed by atoms with E-state index in [-0.39, 0.29) is 35.5 Å². The van der Waals surface area contributed by atoms with Crippen LogP contribution >= 0.6 is 11.6 Å². The van der Waals surface area contributed by atoms with Gasteiger partial charge in [-0.25, -0.2) is 18.1 Å². The van der Waals surface area contributed by atoms with Gasteiger partial charge in [0, 0.05) is 44.6 Å². The van der Waals surface area contributed by atoms with Crippen molar-refractivity contribution < 1.29 is 22.7 Å². The molecular weight excluding hydrogens is 444 g/mol. The Labute approximate surface area is 186 Å². The van der Waals surface area contributed by atoms with E-state index in [1.807, 2.05) is 30.3 Å². The lowest BCUT2D eigenvalue weighted by molar-refractivity contribution is -0.152. The largest absolute Gasteiger partial charge is 0.456 e. The molecule has 0 radical (unpaired) electrons. The number of sulfonamides is 1. The zero-order valence-corrected chi connectivity index (χ0v) is 18.3. The Morgan fingerprint density at radius 2 is 1.77 bits per heavy atom. The highest BCUT2D eigenvalue weighted by molar-refractivity contribution is 7.89. The number of esters is 1. The fourth-order valence-corrected chi connectivity index (χ4v) is 4.14. The van der Waals surface area contributed by atoms with Gasteiger partial charge in [-0.3, -0.25) is 9.59 Å². The van der Waals surface area contributed by atoms with Gasteiger partial charge in [0.05, 0.1) is 6.42 Å². The van der Waals surface area contributed by atoms with Crippen molar-refractivity contribution in [1.82, 2.24) is 14.6 Å². The Balaban J connectivity index is 1.36. The first kappa shape index (κ1) is 23.0. The quantitative estimate of drug-likeness (QED) is 0.461. The Morgan fingerprint density at radius 1 is 1.06 bits per heavy atom. The summed E-state index contributed by atoms with van der Waals surface area (Å²) >= 11 is 5.64. The lowest BCUT2D eigenvalue weighted by Crippen LogP contribution is -2.49. The third kappa shape index (κ3) is 6.65. The lowest BCUT2D eigenvalue weighted by atomic mass is 10.2. The third-order valence-electron chi connectivity index (χ3n) is 4.74. The maximum atomic E-state index is 12.3. The first-order chi connectivity index (χ1) is 14.8. The summed E-state index contributed by atoms with van der Waals surface area (Å²) in [6.45, 7) is 1.96. The molecule has 0 bridgehead atoms. The maximum absolute atomic E-state index is 12.3. The number of carbonyl (C=O) groups is 2. The molecule has 0 spiro atoms. The first-order valence-electron chi connectivity index (χ1n) is 9.70. The Morgan fingerprint density at radius 3 is 2.42 bits per heavy atom. The highest BCUT2D eigenvalue weighted by Crippen LogP contribution is 2.15. The zero-order chi connectivity index (χ0) is 22.3. The van der Waals surface area contributed by atoms with E-state index in [9.17, 15) is 18.0 Å². The molecule has 1 fully saturated rings. The Hall–Kier alpha value is -2.69. The van der Waals surface area contributed by atoms with E-state index in [4.69, 9.17) is 16.3 Å². The summed E-state index contributed by atoms with van der Waals surface area (Å²) in [5.41, 5.74) is 1.11. The SMILES string of the molecule is O=C(CCNS(=O)(=O)c1ccc(Cl)nc1)OCC(=O)N1CCN(c2ccccc2)CC1. The van der Waals surface area contributed by atoms with Crippen LogP contribution in [0.5, 0.6) is 0 Å². The van der Waals surface area contributed by atoms with Crippen molar-refractivity contribution in [1.29, 1.82) is 0 Å². The number of amides is 1. The predicted molar refractivity (Wildman–Crippen MR) is 115 cm³/mol. The number of benzene rings is 1. The summed E-state index contributed by atoms with van der Waals surface area (Å²) < 4.78 is 31.5. The van der Waals surface area contributed by atoms with Crippen molar-refractivity contribution in [3.8, 4) is 0 Å². The molecule has 31 heavy (non-hydrogen) atoms. The van der Waals surface area contributed by atoms with Crippen LogP contribution in [-0.4, -0.2) is 69.5 Å². The van der Waals surface area contributed by atoms with Crippen LogP contribution in [0, 0.1) is 0 Å². The third-order valence-corrected chi connectivity index (χ3v) is 6.41. The molecule has 1 amide bonds. The smallest absolute Gasteiger partial charge is 0.307 e. The van der Waals surface area contributed by atoms with Crippen LogP contribution < -0.4 is 9.62 Å². The van der Waals surface area contributed by atoms with Crippen LogP contribution in [0.2, 0.25) is 5.15 Å². The van der Waals surface area contributed by atoms with Crippen LogP contribution in [0.1, 0.15) is 6.42 Å². The molecule has 2 aromatic rings. The van der Waals surface area contributed by atoms with E-state index in [2.05, 4.69) is 14.6 Å². The second-order valence-corrected chi connectivity index (χ2v) is 8.98. The van der Waals surface area contributed by atoms with E-state index in [0.29, 0.717) is 26.2 Å². The van der Waals surface area contributed by atoms with Gasteiger partial charge in [0.15, 0.2) is 6.61 Å². The molecule has 0 saturated carbocycles. The number of anilines is 1. The Kier molecular flexibility index (Phi) is 7.83. The summed E-state index contributed by atoms with van der Waals surface area (Å²) in [4.78, 5) is 31.7. The highest BCUT2D eigenvalue weighted by Gasteiger charge is 2.22. The number of nitrogens with zero attached hydrogens (tertiary/aromatic N) is 3. The van der Waals surface area contributed by atoms with E-state index in [0.717, 1.165) is 11.9 Å². The molecule has 2 heterocycles. The van der Waals surface area contributed by atoms with Crippen molar-refractivity contribution in [2.75, 3.05) is 44.2 Å². The van der Waals surface area contributed by atoms with Crippen LogP contribution in [0.15, 0.2) is 53.6 Å². The number of piperazine rings is 1. The molecule has 11 heteroatoms. The van der Waals surface area contributed by atoms with Gasteiger partial charge >= 0.3 is 5.97 Å². The van der Waals surface area contributed by atoms with Gasteiger partial charge in [-0.1, -0.05) is 29.8 Å². The summed E-state index contributed by atoms with van der Waals surface area (Å²) in [6, 6.07) is 12.6. The number of rotatable bonds is 8. The van der Waals surface area contributed by atoms with E-state index < -0.39 is 16.0 Å². The second kappa shape index (κ2) is 10.6. The number of pyridine rings is 1. The fraction of sp³-hybridized carbons (Fsp3) is 0.350. The average molecular weight is 467 g/mol. The minimum Gasteiger partial charge on any atom is -0.456 e. The fourth-order valence-electron chi connectivity index (χ4n) is 3.05. The van der Waals surface area contributed by atoms with E-state index in [1.54, 1.807) is 4.90 Å². The monoisotopic (exact) mass is 466 g/mol. The maximum Gasteiger partial charge on any atom is 0.307 e. The molecule has 1 aliphatic heterocycles. The number of hydrogen-bond donors (Lipinski definition) is 1. The normalized spacial score (nSPS) is 14.4. The molecule has 1 saturated heterocycles. The first-order valence-corrected chi connectivity index (χ1v) is 11.6. The van der Waals surface area contributed by atoms with Crippen molar-refractivity contribution in [3.05, 3.63) is 53.8 Å². The molecule has 0 aliphatic carbocycles. The van der Waals surface area contributed by atoms with Crippen molar-refractivity contribution in [2.24, 2.45) is 0 Å². The van der Waals surface area contributed by atoms with E-state index in [1.165, 1.54) is 12.1 Å². The predicted octanol–water partition coefficient (Wildman–Crippen LogP) is 1.30. The van der Waals surface area contributed by atoms with Crippen molar-refractivity contribution in [2.45, 2.75) is 11.3 Å². The van der Waals surface area contributed by atoms with Gasteiger partial charge in [0.25, 0.3) is 5.91 Å². The zero-order valence-electron chi connectivity index (χ0n) is 16.7. The molecule has 1 aromatic heterocycles. The molecule has 1 aromatic carbocycles. The number of halogens is 1. The number of hydrogen-bond acceptors (Lipinski definition) is 7. The minimum atomic E-state index is -3.81.